The molecule has 0 heterocycles. The molecule has 0 aromatic carbocycles. The predicted molar refractivity (Wildman–Crippen MR) is 39.3 cm³/mol. The van der Waals surface area contributed by atoms with Gasteiger partial charge in [0.25, 0.3) is 0 Å². The van der Waals surface area contributed by atoms with Crippen LogP contribution in [0.1, 0.15) is 26.7 Å². The molecule has 0 saturated carbocycles. The van der Waals surface area contributed by atoms with Crippen LogP contribution in [0.2, 0.25) is 0 Å². The van der Waals surface area contributed by atoms with Crippen molar-refractivity contribution in [1.82, 2.24) is 0 Å². The lowest BCUT2D eigenvalue weighted by atomic mass is 10.0. The van der Waals surface area contributed by atoms with Gasteiger partial charge < -0.3 is 0 Å². The minimum Gasteiger partial charge on any atom is -0.299 e. The minimum atomic E-state index is 0.211. The lowest BCUT2D eigenvalue weighted by molar-refractivity contribution is -0.121. The minimum absolute atomic E-state index is 0.211. The highest BCUT2D eigenvalue weighted by Crippen LogP contribution is 2.04. The zero-order valence-corrected chi connectivity index (χ0v) is 6.18. The van der Waals surface area contributed by atoms with Crippen molar-refractivity contribution in [1.29, 1.82) is 0 Å². The standard InChI is InChI=1S/C8H14O/c1-4-6-8(9)7(3)5-2/h4,7H,1,5-6H2,2-3H3. The van der Waals surface area contributed by atoms with E-state index in [1.54, 1.807) is 6.08 Å². The van der Waals surface area contributed by atoms with Crippen LogP contribution in [-0.2, 0) is 4.79 Å². The molecule has 0 aromatic heterocycles. The fraction of sp³-hybridized carbons (Fsp3) is 0.625. The Morgan fingerprint density at radius 2 is 2.33 bits per heavy atom. The second-order valence-corrected chi connectivity index (χ2v) is 2.27. The van der Waals surface area contributed by atoms with Gasteiger partial charge in [-0.25, -0.2) is 0 Å². The summed E-state index contributed by atoms with van der Waals surface area (Å²) in [7, 11) is 0. The van der Waals surface area contributed by atoms with Gasteiger partial charge in [-0.2, -0.15) is 0 Å². The third kappa shape index (κ3) is 3.07. The first-order valence-corrected chi connectivity index (χ1v) is 3.36. The first-order valence-electron chi connectivity index (χ1n) is 3.36. The first-order chi connectivity index (χ1) is 4.22. The van der Waals surface area contributed by atoms with E-state index >= 15 is 0 Å². The molecule has 0 saturated heterocycles. The molecule has 0 aliphatic heterocycles. The van der Waals surface area contributed by atoms with E-state index in [2.05, 4.69) is 6.58 Å². The van der Waals surface area contributed by atoms with Crippen LogP contribution in [0.4, 0.5) is 0 Å². The number of Topliss-reactive ketones (excluding diaryl/α,β-unsaturated/α-hetero) is 1. The molecule has 0 rings (SSSR count). The molecular weight excluding hydrogens is 112 g/mol. The zero-order valence-electron chi connectivity index (χ0n) is 6.18. The average molecular weight is 126 g/mol. The van der Waals surface area contributed by atoms with Crippen LogP contribution in [0, 0.1) is 5.92 Å². The van der Waals surface area contributed by atoms with Crippen molar-refractivity contribution in [3.8, 4) is 0 Å². The molecule has 0 bridgehead atoms. The molecule has 0 aliphatic carbocycles. The molecule has 52 valence electrons. The first kappa shape index (κ1) is 8.41. The molecule has 0 amide bonds. The monoisotopic (exact) mass is 126 g/mol. The summed E-state index contributed by atoms with van der Waals surface area (Å²) in [6.07, 6.45) is 3.12. The SMILES string of the molecule is C=CCC(=O)C(C)CC. The molecule has 0 radical (unpaired) electrons. The molecule has 0 N–H and O–H groups in total. The fourth-order valence-corrected chi connectivity index (χ4v) is 0.571. The van der Waals surface area contributed by atoms with E-state index in [4.69, 9.17) is 0 Å². The lowest BCUT2D eigenvalue weighted by Gasteiger charge is -2.02. The van der Waals surface area contributed by atoms with Crippen molar-refractivity contribution < 1.29 is 4.79 Å². The Labute approximate surface area is 56.8 Å². The number of hydrogen-bond donors (Lipinski definition) is 0. The Morgan fingerprint density at radius 1 is 1.78 bits per heavy atom. The Balaban J connectivity index is 3.58. The zero-order chi connectivity index (χ0) is 7.28. The smallest absolute Gasteiger partial charge is 0.139 e. The van der Waals surface area contributed by atoms with Crippen LogP contribution in [0.15, 0.2) is 12.7 Å². The maximum atomic E-state index is 10.9. The number of carbonyl (C=O) groups is 1. The average Bonchev–Trinajstić information content (AvgIpc) is 1.87. The van der Waals surface area contributed by atoms with E-state index in [9.17, 15) is 4.79 Å². The van der Waals surface area contributed by atoms with Crippen LogP contribution in [0.25, 0.3) is 0 Å². The molecule has 1 nitrogen and oxygen atoms in total. The van der Waals surface area contributed by atoms with Crippen LogP contribution in [0.5, 0.6) is 0 Å². The van der Waals surface area contributed by atoms with Gasteiger partial charge in [-0.15, -0.1) is 6.58 Å². The summed E-state index contributed by atoms with van der Waals surface area (Å²) >= 11 is 0. The lowest BCUT2D eigenvalue weighted by Crippen LogP contribution is -2.07. The van der Waals surface area contributed by atoms with Gasteiger partial charge in [0.05, 0.1) is 0 Å². The van der Waals surface area contributed by atoms with E-state index < -0.39 is 0 Å². The molecule has 0 aromatic rings. The number of ketones is 1. The van der Waals surface area contributed by atoms with E-state index in [0.717, 1.165) is 6.42 Å². The van der Waals surface area contributed by atoms with Crippen molar-refractivity contribution >= 4 is 5.78 Å². The van der Waals surface area contributed by atoms with Gasteiger partial charge in [0, 0.05) is 12.3 Å². The molecule has 0 spiro atoms. The van der Waals surface area contributed by atoms with Crippen molar-refractivity contribution in [2.75, 3.05) is 0 Å². The second-order valence-electron chi connectivity index (χ2n) is 2.27. The van der Waals surface area contributed by atoms with Crippen LogP contribution >= 0.6 is 0 Å². The molecule has 0 aliphatic rings. The van der Waals surface area contributed by atoms with Gasteiger partial charge in [-0.1, -0.05) is 19.9 Å². The van der Waals surface area contributed by atoms with Gasteiger partial charge in [0.1, 0.15) is 5.78 Å². The number of rotatable bonds is 4. The molecule has 9 heavy (non-hydrogen) atoms. The molecule has 0 fully saturated rings. The highest BCUT2D eigenvalue weighted by Gasteiger charge is 2.06. The maximum absolute atomic E-state index is 10.9. The van der Waals surface area contributed by atoms with Crippen molar-refractivity contribution in [2.45, 2.75) is 26.7 Å². The highest BCUT2D eigenvalue weighted by molar-refractivity contribution is 5.81. The Hall–Kier alpha value is -0.590. The summed E-state index contributed by atoms with van der Waals surface area (Å²) in [5, 5.41) is 0. The van der Waals surface area contributed by atoms with Crippen LogP contribution in [-0.4, -0.2) is 5.78 Å². The highest BCUT2D eigenvalue weighted by atomic mass is 16.1. The Bertz CT molecular complexity index is 105. The van der Waals surface area contributed by atoms with E-state index in [-0.39, 0.29) is 5.92 Å². The Kier molecular flexibility index (Phi) is 4.02. The van der Waals surface area contributed by atoms with Crippen molar-refractivity contribution in [2.24, 2.45) is 5.92 Å². The van der Waals surface area contributed by atoms with E-state index in [1.807, 2.05) is 13.8 Å². The second kappa shape index (κ2) is 4.30. The summed E-state index contributed by atoms with van der Waals surface area (Å²) in [6.45, 7) is 7.47. The summed E-state index contributed by atoms with van der Waals surface area (Å²) < 4.78 is 0. The predicted octanol–water partition coefficient (Wildman–Crippen LogP) is 2.18. The van der Waals surface area contributed by atoms with E-state index in [1.165, 1.54) is 0 Å². The van der Waals surface area contributed by atoms with Crippen LogP contribution < -0.4 is 0 Å². The van der Waals surface area contributed by atoms with Gasteiger partial charge in [0.15, 0.2) is 0 Å². The molecular formula is C8H14O. The number of hydrogen-bond acceptors (Lipinski definition) is 1. The summed E-state index contributed by atoms with van der Waals surface area (Å²) in [5.41, 5.74) is 0. The normalized spacial score (nSPS) is 12.7. The third-order valence-electron chi connectivity index (χ3n) is 1.51. The topological polar surface area (TPSA) is 17.1 Å². The molecule has 1 heteroatoms. The summed E-state index contributed by atoms with van der Waals surface area (Å²) in [6, 6.07) is 0. The van der Waals surface area contributed by atoms with Gasteiger partial charge in [0.2, 0.25) is 0 Å². The van der Waals surface area contributed by atoms with Gasteiger partial charge in [-0.3, -0.25) is 4.79 Å². The maximum Gasteiger partial charge on any atom is 0.139 e. The molecule has 1 atom stereocenters. The quantitative estimate of drug-likeness (QED) is 0.528. The fourth-order valence-electron chi connectivity index (χ4n) is 0.571. The summed E-state index contributed by atoms with van der Waals surface area (Å²) in [4.78, 5) is 10.9. The summed E-state index contributed by atoms with van der Waals surface area (Å²) in [5.74, 6) is 0.510. The van der Waals surface area contributed by atoms with Gasteiger partial charge >= 0.3 is 0 Å². The van der Waals surface area contributed by atoms with Crippen molar-refractivity contribution in [3.63, 3.8) is 0 Å². The Morgan fingerprint density at radius 3 is 2.67 bits per heavy atom. The van der Waals surface area contributed by atoms with Crippen LogP contribution in [0.3, 0.4) is 0 Å². The van der Waals surface area contributed by atoms with E-state index in [0.29, 0.717) is 12.2 Å². The third-order valence-corrected chi connectivity index (χ3v) is 1.51. The largest absolute Gasteiger partial charge is 0.299 e. The number of carbonyl (C=O) groups excluding carboxylic acids is 1. The van der Waals surface area contributed by atoms with Gasteiger partial charge in [-0.05, 0) is 6.42 Å². The molecule has 1 unspecified atom stereocenters. The van der Waals surface area contributed by atoms with Crippen molar-refractivity contribution in [3.05, 3.63) is 12.7 Å². The number of allylic oxidation sites excluding steroid dienone is 1.